The summed E-state index contributed by atoms with van der Waals surface area (Å²) in [6, 6.07) is 23.0. The zero-order valence-electron chi connectivity index (χ0n) is 14.2. The van der Waals surface area contributed by atoms with Crippen LogP contribution in [0.25, 0.3) is 0 Å². The molecule has 3 rings (SSSR count). The quantitative estimate of drug-likeness (QED) is 0.727. The van der Waals surface area contributed by atoms with Gasteiger partial charge in [0, 0.05) is 22.5 Å². The fourth-order valence-electron chi connectivity index (χ4n) is 2.43. The highest BCUT2D eigenvalue weighted by atomic mass is 16.5. The molecule has 0 saturated heterocycles. The second kappa shape index (κ2) is 7.98. The number of hydrogen-bond acceptors (Lipinski definition) is 3. The Morgan fingerprint density at radius 1 is 0.692 bits per heavy atom. The molecule has 2 amide bonds. The van der Waals surface area contributed by atoms with E-state index < -0.39 is 0 Å². The number of anilines is 2. The molecular weight excluding hydrogens is 328 g/mol. The molecule has 0 spiro atoms. The summed E-state index contributed by atoms with van der Waals surface area (Å²) in [4.78, 5) is 25.0. The van der Waals surface area contributed by atoms with E-state index in [1.54, 1.807) is 42.5 Å². The minimum Gasteiger partial charge on any atom is -0.497 e. The topological polar surface area (TPSA) is 67.4 Å². The molecule has 0 bridgehead atoms. The summed E-state index contributed by atoms with van der Waals surface area (Å²) in [6.07, 6.45) is 0. The largest absolute Gasteiger partial charge is 0.497 e. The Morgan fingerprint density at radius 2 is 1.12 bits per heavy atom. The fraction of sp³-hybridized carbons (Fsp3) is 0.0476. The monoisotopic (exact) mass is 346 g/mol. The van der Waals surface area contributed by atoms with Crippen molar-refractivity contribution in [2.75, 3.05) is 17.7 Å². The Kier molecular flexibility index (Phi) is 5.29. The van der Waals surface area contributed by atoms with Gasteiger partial charge in [-0.3, -0.25) is 9.59 Å². The van der Waals surface area contributed by atoms with Crippen LogP contribution in [0.15, 0.2) is 78.9 Å². The van der Waals surface area contributed by atoms with Gasteiger partial charge >= 0.3 is 0 Å². The van der Waals surface area contributed by atoms with Gasteiger partial charge in [-0.1, -0.05) is 36.4 Å². The van der Waals surface area contributed by atoms with Gasteiger partial charge < -0.3 is 15.4 Å². The third kappa shape index (κ3) is 4.27. The Labute approximate surface area is 151 Å². The van der Waals surface area contributed by atoms with E-state index in [4.69, 9.17) is 4.74 Å². The maximum atomic E-state index is 12.5. The molecule has 3 aromatic rings. The van der Waals surface area contributed by atoms with Gasteiger partial charge in [-0.05, 0) is 42.5 Å². The number of para-hydroxylation sites is 2. The summed E-state index contributed by atoms with van der Waals surface area (Å²) in [5, 5.41) is 5.60. The van der Waals surface area contributed by atoms with E-state index in [1.807, 2.05) is 36.4 Å². The summed E-state index contributed by atoms with van der Waals surface area (Å²) in [7, 11) is 1.49. The van der Waals surface area contributed by atoms with E-state index in [-0.39, 0.29) is 11.8 Å². The van der Waals surface area contributed by atoms with Crippen molar-refractivity contribution in [3.8, 4) is 5.75 Å². The van der Waals surface area contributed by atoms with Gasteiger partial charge in [0.15, 0.2) is 0 Å². The first-order valence-corrected chi connectivity index (χ1v) is 8.07. The van der Waals surface area contributed by atoms with Crippen LogP contribution in [-0.2, 0) is 0 Å². The molecule has 0 aromatic heterocycles. The van der Waals surface area contributed by atoms with Crippen molar-refractivity contribution < 1.29 is 14.3 Å². The Balaban J connectivity index is 1.84. The summed E-state index contributed by atoms with van der Waals surface area (Å²) in [5.74, 6) is -0.198. The first-order valence-electron chi connectivity index (χ1n) is 8.07. The van der Waals surface area contributed by atoms with E-state index >= 15 is 0 Å². The van der Waals surface area contributed by atoms with Crippen LogP contribution in [0.2, 0.25) is 0 Å². The lowest BCUT2D eigenvalue weighted by Gasteiger charge is -2.10. The molecule has 0 radical (unpaired) electrons. The molecule has 0 atom stereocenters. The van der Waals surface area contributed by atoms with E-state index in [0.717, 1.165) is 0 Å². The highest BCUT2D eigenvalue weighted by Gasteiger charge is 2.14. The molecule has 0 aliphatic rings. The van der Waals surface area contributed by atoms with Gasteiger partial charge in [0.2, 0.25) is 0 Å². The van der Waals surface area contributed by atoms with E-state index in [0.29, 0.717) is 28.3 Å². The van der Waals surface area contributed by atoms with Crippen LogP contribution in [0.3, 0.4) is 0 Å². The molecule has 3 aromatic carbocycles. The van der Waals surface area contributed by atoms with Crippen LogP contribution in [0.5, 0.6) is 5.75 Å². The second-order valence-corrected chi connectivity index (χ2v) is 5.59. The lowest BCUT2D eigenvalue weighted by molar-refractivity contribution is 0.102. The fourth-order valence-corrected chi connectivity index (χ4v) is 2.43. The third-order valence-corrected chi connectivity index (χ3v) is 3.73. The first-order chi connectivity index (χ1) is 12.7. The van der Waals surface area contributed by atoms with Crippen molar-refractivity contribution in [1.29, 1.82) is 0 Å². The van der Waals surface area contributed by atoms with Crippen LogP contribution < -0.4 is 15.4 Å². The van der Waals surface area contributed by atoms with Crippen LogP contribution in [0.1, 0.15) is 20.7 Å². The minimum absolute atomic E-state index is 0.316. The second-order valence-electron chi connectivity index (χ2n) is 5.59. The molecule has 26 heavy (non-hydrogen) atoms. The maximum absolute atomic E-state index is 12.5. The molecule has 2 N–H and O–H groups in total. The SMILES string of the molecule is COc1cc(C(=O)Nc2ccccc2)cc(C(=O)Nc2ccccc2)c1. The smallest absolute Gasteiger partial charge is 0.255 e. The van der Waals surface area contributed by atoms with Crippen LogP contribution in [0.4, 0.5) is 11.4 Å². The van der Waals surface area contributed by atoms with Gasteiger partial charge in [-0.15, -0.1) is 0 Å². The van der Waals surface area contributed by atoms with Gasteiger partial charge in [0.25, 0.3) is 11.8 Å². The molecular formula is C21H18N2O3. The predicted octanol–water partition coefficient (Wildman–Crippen LogP) is 4.20. The molecule has 0 unspecified atom stereocenters. The van der Waals surface area contributed by atoms with Crippen LogP contribution in [0, 0.1) is 0 Å². The molecule has 5 heteroatoms. The van der Waals surface area contributed by atoms with Crippen molar-refractivity contribution in [2.45, 2.75) is 0 Å². The Morgan fingerprint density at radius 3 is 1.50 bits per heavy atom. The highest BCUT2D eigenvalue weighted by Crippen LogP contribution is 2.20. The summed E-state index contributed by atoms with van der Waals surface area (Å²) in [6.45, 7) is 0. The number of amides is 2. The van der Waals surface area contributed by atoms with Crippen LogP contribution >= 0.6 is 0 Å². The summed E-state index contributed by atoms with van der Waals surface area (Å²) in [5.41, 5.74) is 2.03. The number of benzene rings is 3. The number of carbonyl (C=O) groups is 2. The average molecular weight is 346 g/mol. The summed E-state index contributed by atoms with van der Waals surface area (Å²) >= 11 is 0. The lowest BCUT2D eigenvalue weighted by atomic mass is 10.1. The lowest BCUT2D eigenvalue weighted by Crippen LogP contribution is -2.16. The number of rotatable bonds is 5. The first kappa shape index (κ1) is 17.2. The molecule has 0 fully saturated rings. The predicted molar refractivity (Wildman–Crippen MR) is 102 cm³/mol. The van der Waals surface area contributed by atoms with Crippen molar-refractivity contribution in [3.05, 3.63) is 90.0 Å². The number of carbonyl (C=O) groups excluding carboxylic acids is 2. The van der Waals surface area contributed by atoms with Gasteiger partial charge in [0.05, 0.1) is 7.11 Å². The highest BCUT2D eigenvalue weighted by molar-refractivity contribution is 6.09. The van der Waals surface area contributed by atoms with Gasteiger partial charge in [0.1, 0.15) is 5.75 Å². The molecule has 0 heterocycles. The van der Waals surface area contributed by atoms with Crippen molar-refractivity contribution in [1.82, 2.24) is 0 Å². The van der Waals surface area contributed by atoms with E-state index in [9.17, 15) is 9.59 Å². The number of nitrogens with one attached hydrogen (secondary N) is 2. The zero-order chi connectivity index (χ0) is 18.4. The molecule has 5 nitrogen and oxygen atoms in total. The zero-order valence-corrected chi connectivity index (χ0v) is 14.2. The van der Waals surface area contributed by atoms with Crippen molar-refractivity contribution in [2.24, 2.45) is 0 Å². The standard InChI is InChI=1S/C21H18N2O3/c1-26-19-13-15(20(24)22-17-8-4-2-5-9-17)12-16(14-19)21(25)23-18-10-6-3-7-11-18/h2-14H,1H3,(H,22,24)(H,23,25). The Hall–Kier alpha value is -3.60. The van der Waals surface area contributed by atoms with Crippen LogP contribution in [-0.4, -0.2) is 18.9 Å². The summed E-state index contributed by atoms with van der Waals surface area (Å²) < 4.78 is 5.24. The van der Waals surface area contributed by atoms with Gasteiger partial charge in [-0.25, -0.2) is 0 Å². The number of ether oxygens (including phenoxy) is 1. The van der Waals surface area contributed by atoms with Crippen molar-refractivity contribution >= 4 is 23.2 Å². The molecule has 0 aliphatic heterocycles. The Bertz CT molecular complexity index is 837. The average Bonchev–Trinajstić information content (AvgIpc) is 2.69. The normalized spacial score (nSPS) is 10.0. The van der Waals surface area contributed by atoms with E-state index in [2.05, 4.69) is 10.6 Å². The number of hydrogen-bond donors (Lipinski definition) is 2. The minimum atomic E-state index is -0.316. The third-order valence-electron chi connectivity index (χ3n) is 3.73. The van der Waals surface area contributed by atoms with Gasteiger partial charge in [-0.2, -0.15) is 0 Å². The number of methoxy groups -OCH3 is 1. The molecule has 0 aliphatic carbocycles. The molecule has 130 valence electrons. The molecule has 0 saturated carbocycles. The van der Waals surface area contributed by atoms with E-state index in [1.165, 1.54) is 7.11 Å². The van der Waals surface area contributed by atoms with Crippen molar-refractivity contribution in [3.63, 3.8) is 0 Å². The maximum Gasteiger partial charge on any atom is 0.255 e.